The first-order valence-electron chi connectivity index (χ1n) is 10.7. The summed E-state index contributed by atoms with van der Waals surface area (Å²) >= 11 is 7.25. The number of benzene rings is 3. The Labute approximate surface area is 209 Å². The van der Waals surface area contributed by atoms with Crippen LogP contribution in [0.15, 0.2) is 83.9 Å². The van der Waals surface area contributed by atoms with E-state index in [1.165, 1.54) is 12.1 Å². The minimum absolute atomic E-state index is 0.0454. The number of nitro groups is 1. The first kappa shape index (κ1) is 22.9. The van der Waals surface area contributed by atoms with Gasteiger partial charge in [-0.2, -0.15) is 0 Å². The fourth-order valence-corrected chi connectivity index (χ4v) is 5.04. The van der Waals surface area contributed by atoms with Crippen LogP contribution in [0.1, 0.15) is 16.7 Å². The van der Waals surface area contributed by atoms with E-state index >= 15 is 0 Å². The minimum Gasteiger partial charge on any atom is -0.342 e. The molecule has 0 aliphatic carbocycles. The summed E-state index contributed by atoms with van der Waals surface area (Å²) in [5, 5.41) is 12.1. The van der Waals surface area contributed by atoms with Gasteiger partial charge in [0.2, 0.25) is 0 Å². The fraction of sp³-hybridized carbons (Fsp3) is 0.0769. The van der Waals surface area contributed by atoms with Crippen LogP contribution in [0, 0.1) is 10.1 Å². The van der Waals surface area contributed by atoms with E-state index in [9.17, 15) is 19.7 Å². The Morgan fingerprint density at radius 2 is 1.66 bits per heavy atom. The molecule has 1 aliphatic heterocycles. The zero-order valence-electron chi connectivity index (χ0n) is 18.3. The van der Waals surface area contributed by atoms with Gasteiger partial charge in [0, 0.05) is 46.4 Å². The summed E-state index contributed by atoms with van der Waals surface area (Å²) in [6.45, 7) is 0.615. The number of aromatic nitrogens is 1. The molecule has 1 saturated heterocycles. The fourth-order valence-electron chi connectivity index (χ4n) is 4.01. The number of amides is 2. The molecule has 2 heterocycles. The van der Waals surface area contributed by atoms with Crippen molar-refractivity contribution >= 4 is 57.2 Å². The van der Waals surface area contributed by atoms with Crippen LogP contribution in [-0.4, -0.2) is 25.5 Å². The van der Waals surface area contributed by atoms with Crippen molar-refractivity contribution in [2.24, 2.45) is 0 Å². The van der Waals surface area contributed by atoms with Gasteiger partial charge in [-0.05, 0) is 41.1 Å². The molecule has 1 aromatic heterocycles. The Balaban J connectivity index is 1.43. The van der Waals surface area contributed by atoms with Gasteiger partial charge in [-0.15, -0.1) is 0 Å². The van der Waals surface area contributed by atoms with Gasteiger partial charge in [0.05, 0.1) is 16.4 Å². The quantitative estimate of drug-likeness (QED) is 0.170. The van der Waals surface area contributed by atoms with Crippen molar-refractivity contribution in [3.63, 3.8) is 0 Å². The number of imide groups is 1. The van der Waals surface area contributed by atoms with Gasteiger partial charge in [0.25, 0.3) is 16.8 Å². The molecule has 0 atom stereocenters. The third-order valence-corrected chi connectivity index (χ3v) is 7.04. The molecule has 0 unspecified atom stereocenters. The number of hydrogen-bond donors (Lipinski definition) is 0. The van der Waals surface area contributed by atoms with Gasteiger partial charge in [-0.25, -0.2) is 0 Å². The molecule has 0 N–H and O–H groups in total. The molecule has 0 radical (unpaired) electrons. The highest BCUT2D eigenvalue weighted by Gasteiger charge is 2.35. The second-order valence-electron chi connectivity index (χ2n) is 8.01. The number of fused-ring (bicyclic) bond motifs is 1. The molecular formula is C26H18ClN3O4S. The van der Waals surface area contributed by atoms with Gasteiger partial charge in [-0.1, -0.05) is 60.1 Å². The van der Waals surface area contributed by atoms with Crippen molar-refractivity contribution in [3.05, 3.63) is 116 Å². The lowest BCUT2D eigenvalue weighted by Crippen LogP contribution is -2.27. The summed E-state index contributed by atoms with van der Waals surface area (Å²) in [5.41, 5.74) is 3.38. The van der Waals surface area contributed by atoms with Gasteiger partial charge in [0.15, 0.2) is 0 Å². The summed E-state index contributed by atoms with van der Waals surface area (Å²) < 4.78 is 2.07. The van der Waals surface area contributed by atoms with Crippen molar-refractivity contribution in [2.75, 3.05) is 0 Å². The molecule has 3 aromatic carbocycles. The third kappa shape index (κ3) is 4.58. The number of halogens is 1. The minimum atomic E-state index is -0.491. The molecule has 174 valence electrons. The van der Waals surface area contributed by atoms with E-state index in [2.05, 4.69) is 4.57 Å². The van der Waals surface area contributed by atoms with E-state index in [1.807, 2.05) is 54.7 Å². The lowest BCUT2D eigenvalue weighted by molar-refractivity contribution is -0.384. The summed E-state index contributed by atoms with van der Waals surface area (Å²) in [7, 11) is 0. The molecule has 4 aromatic rings. The predicted octanol–water partition coefficient (Wildman–Crippen LogP) is 6.49. The van der Waals surface area contributed by atoms with Gasteiger partial charge >= 0.3 is 0 Å². The number of carbonyl (C=O) groups is 2. The molecule has 7 nitrogen and oxygen atoms in total. The molecule has 35 heavy (non-hydrogen) atoms. The van der Waals surface area contributed by atoms with Crippen LogP contribution in [0.5, 0.6) is 0 Å². The second kappa shape index (κ2) is 9.40. The van der Waals surface area contributed by atoms with Crippen molar-refractivity contribution in [1.29, 1.82) is 0 Å². The topological polar surface area (TPSA) is 85.5 Å². The smallest absolute Gasteiger partial charge is 0.293 e. The lowest BCUT2D eigenvalue weighted by Gasteiger charge is -2.12. The Bertz CT molecular complexity index is 1510. The average Bonchev–Trinajstić information content (AvgIpc) is 3.33. The van der Waals surface area contributed by atoms with Crippen molar-refractivity contribution in [3.8, 4) is 0 Å². The molecule has 9 heteroatoms. The highest BCUT2D eigenvalue weighted by Crippen LogP contribution is 2.35. The predicted molar refractivity (Wildman–Crippen MR) is 137 cm³/mol. The first-order chi connectivity index (χ1) is 16.9. The molecule has 0 spiro atoms. The zero-order chi connectivity index (χ0) is 24.5. The van der Waals surface area contributed by atoms with E-state index < -0.39 is 4.92 Å². The van der Waals surface area contributed by atoms with Crippen LogP contribution >= 0.6 is 23.4 Å². The summed E-state index contributed by atoms with van der Waals surface area (Å²) in [5.74, 6) is -0.388. The van der Waals surface area contributed by atoms with Crippen molar-refractivity contribution < 1.29 is 14.5 Å². The standard InChI is InChI=1S/C26H18ClN3O4S/c27-22-7-3-1-5-18(22)15-28-16-19(21-6-2-4-8-23(21)28)13-24-25(31)29(26(32)35-24)14-17-9-11-20(12-10-17)30(33)34/h1-13,16H,14-15H2/b24-13-. The van der Waals surface area contributed by atoms with Crippen molar-refractivity contribution in [2.45, 2.75) is 13.1 Å². The number of hydrogen-bond acceptors (Lipinski definition) is 5. The highest BCUT2D eigenvalue weighted by atomic mass is 35.5. The summed E-state index contributed by atoms with van der Waals surface area (Å²) in [6.07, 6.45) is 3.70. The van der Waals surface area contributed by atoms with Gasteiger partial charge in [-0.3, -0.25) is 24.6 Å². The van der Waals surface area contributed by atoms with Crippen LogP contribution < -0.4 is 0 Å². The SMILES string of the molecule is O=C1S/C(=C\c2cn(Cc3ccccc3Cl)c3ccccc23)C(=O)N1Cc1ccc([N+](=O)[O-])cc1. The normalized spacial score (nSPS) is 14.9. The number of nitro benzene ring substituents is 1. The maximum absolute atomic E-state index is 13.1. The molecule has 0 saturated carbocycles. The summed E-state index contributed by atoms with van der Waals surface area (Å²) in [6, 6.07) is 21.3. The lowest BCUT2D eigenvalue weighted by atomic mass is 10.1. The maximum Gasteiger partial charge on any atom is 0.293 e. The van der Waals surface area contributed by atoms with Crippen LogP contribution in [-0.2, 0) is 17.9 Å². The summed E-state index contributed by atoms with van der Waals surface area (Å²) in [4.78, 5) is 37.5. The number of rotatable bonds is 6. The van der Waals surface area contributed by atoms with E-state index in [1.54, 1.807) is 18.2 Å². The third-order valence-electron chi connectivity index (χ3n) is 5.77. The van der Waals surface area contributed by atoms with Gasteiger partial charge in [0.1, 0.15) is 0 Å². The molecule has 5 rings (SSSR count). The Morgan fingerprint density at radius 1 is 0.943 bits per heavy atom. The van der Waals surface area contributed by atoms with Crippen LogP contribution in [0.25, 0.3) is 17.0 Å². The van der Waals surface area contributed by atoms with Gasteiger partial charge < -0.3 is 4.57 Å². The molecule has 0 bridgehead atoms. The van der Waals surface area contributed by atoms with E-state index in [0.717, 1.165) is 38.7 Å². The molecule has 1 aliphatic rings. The van der Waals surface area contributed by atoms with E-state index in [4.69, 9.17) is 11.6 Å². The Hall–Kier alpha value is -3.88. The number of carbonyl (C=O) groups excluding carboxylic acids is 2. The molecular weight excluding hydrogens is 486 g/mol. The Kier molecular flexibility index (Phi) is 6.15. The number of nitrogens with zero attached hydrogens (tertiary/aromatic N) is 3. The van der Waals surface area contributed by atoms with Crippen LogP contribution in [0.4, 0.5) is 10.5 Å². The second-order valence-corrected chi connectivity index (χ2v) is 9.41. The number of thioether (sulfide) groups is 1. The van der Waals surface area contributed by atoms with E-state index in [0.29, 0.717) is 22.0 Å². The Morgan fingerprint density at radius 3 is 2.40 bits per heavy atom. The first-order valence-corrected chi connectivity index (χ1v) is 11.9. The van der Waals surface area contributed by atoms with Crippen molar-refractivity contribution in [1.82, 2.24) is 9.47 Å². The monoisotopic (exact) mass is 503 g/mol. The van der Waals surface area contributed by atoms with Crippen LogP contribution in [0.2, 0.25) is 5.02 Å². The van der Waals surface area contributed by atoms with E-state index in [-0.39, 0.29) is 23.4 Å². The van der Waals surface area contributed by atoms with Crippen LogP contribution in [0.3, 0.4) is 0 Å². The molecule has 2 amide bonds. The zero-order valence-corrected chi connectivity index (χ0v) is 19.8. The number of non-ortho nitro benzene ring substituents is 1. The number of para-hydroxylation sites is 1. The maximum atomic E-state index is 13.1. The molecule has 1 fully saturated rings. The average molecular weight is 504 g/mol. The highest BCUT2D eigenvalue weighted by molar-refractivity contribution is 8.18. The largest absolute Gasteiger partial charge is 0.342 e.